The van der Waals surface area contributed by atoms with Crippen molar-refractivity contribution in [3.05, 3.63) is 40.8 Å². The monoisotopic (exact) mass is 578 g/mol. The predicted molar refractivity (Wildman–Crippen MR) is 147 cm³/mol. The van der Waals surface area contributed by atoms with Crippen molar-refractivity contribution in [1.29, 1.82) is 0 Å². The van der Waals surface area contributed by atoms with E-state index in [1.54, 1.807) is 6.92 Å². The van der Waals surface area contributed by atoms with Crippen LogP contribution in [0.25, 0.3) is 0 Å². The molecule has 1 aromatic heterocycles. The van der Waals surface area contributed by atoms with Gasteiger partial charge in [0.1, 0.15) is 24.3 Å². The fraction of sp³-hybridized carbons (Fsp3) is 0.519. The van der Waals surface area contributed by atoms with Crippen LogP contribution in [0.2, 0.25) is 0 Å². The first-order valence-electron chi connectivity index (χ1n) is 13.1. The van der Waals surface area contributed by atoms with Gasteiger partial charge in [0.25, 0.3) is 5.56 Å². The number of amides is 3. The van der Waals surface area contributed by atoms with Gasteiger partial charge in [-0.1, -0.05) is 19.9 Å². The molecule has 0 fully saturated rings. The molecule has 14 heteroatoms. The molecule has 0 saturated heterocycles. The fourth-order valence-electron chi connectivity index (χ4n) is 3.59. The Balaban J connectivity index is 3.01. The van der Waals surface area contributed by atoms with Gasteiger partial charge in [0, 0.05) is 18.7 Å². The van der Waals surface area contributed by atoms with E-state index in [0.29, 0.717) is 6.42 Å². The number of methoxy groups -OCH3 is 1. The average Bonchev–Trinajstić information content (AvgIpc) is 2.90. The van der Waals surface area contributed by atoms with Crippen LogP contribution in [-0.2, 0) is 44.8 Å². The maximum absolute atomic E-state index is 13.0. The molecule has 0 radical (unpaired) electrons. The van der Waals surface area contributed by atoms with Crippen LogP contribution in [0.1, 0.15) is 52.9 Å². The summed E-state index contributed by atoms with van der Waals surface area (Å²) in [5.41, 5.74) is -0.892. The van der Waals surface area contributed by atoms with Gasteiger partial charge in [-0.25, -0.2) is 9.59 Å². The van der Waals surface area contributed by atoms with Crippen LogP contribution in [-0.4, -0.2) is 71.1 Å². The molecule has 14 nitrogen and oxygen atoms in total. The normalized spacial score (nSPS) is 12.3. The third-order valence-corrected chi connectivity index (χ3v) is 5.50. The number of nitrogens with one attached hydrogen (secondary N) is 3. The van der Waals surface area contributed by atoms with Gasteiger partial charge in [0.2, 0.25) is 17.7 Å². The molecule has 1 aromatic rings. The summed E-state index contributed by atoms with van der Waals surface area (Å²) in [6.45, 7) is 5.14. The third kappa shape index (κ3) is 13.4. The standard InChI is InChI=1S/C27H38N4O10/c1-5-41-24(36)11-7-6-9-18(28-21(32)12-13-23(34)35)25(37)30-19-10-8-14-31(26(19)38)16-22(33)29-20(15-17(2)3)27(39)40-4/h7-8,10-11,14,17-18,20H,5-6,9,12-13,15-16H2,1-4H3,(H,28,32)(H,29,33)(H,30,37)(H,34,35)/t18-,20+/m0/s1. The van der Waals surface area contributed by atoms with E-state index >= 15 is 0 Å². The number of aromatic nitrogens is 1. The van der Waals surface area contributed by atoms with Gasteiger partial charge in [0.05, 0.1) is 20.1 Å². The Bertz CT molecular complexity index is 1170. The molecule has 0 aliphatic carbocycles. The number of nitrogens with zero attached hydrogens (tertiary/aromatic N) is 1. The molecule has 3 amide bonds. The van der Waals surface area contributed by atoms with E-state index < -0.39 is 66.2 Å². The minimum atomic E-state index is -1.19. The zero-order chi connectivity index (χ0) is 30.9. The number of ether oxygens (including phenoxy) is 2. The number of pyridine rings is 1. The quantitative estimate of drug-likeness (QED) is 0.151. The lowest BCUT2D eigenvalue weighted by Gasteiger charge is -2.19. The number of anilines is 1. The highest BCUT2D eigenvalue weighted by Crippen LogP contribution is 2.08. The summed E-state index contributed by atoms with van der Waals surface area (Å²) >= 11 is 0. The van der Waals surface area contributed by atoms with Gasteiger partial charge in [0.15, 0.2) is 0 Å². The number of allylic oxidation sites excluding steroid dienone is 1. The van der Waals surface area contributed by atoms with Crippen molar-refractivity contribution in [3.8, 4) is 0 Å². The molecule has 41 heavy (non-hydrogen) atoms. The van der Waals surface area contributed by atoms with Gasteiger partial charge < -0.3 is 35.1 Å². The van der Waals surface area contributed by atoms with E-state index in [2.05, 4.69) is 16.0 Å². The third-order valence-electron chi connectivity index (χ3n) is 5.50. The molecule has 0 saturated carbocycles. The summed E-state index contributed by atoms with van der Waals surface area (Å²) in [6.07, 6.45) is 3.68. The first-order chi connectivity index (χ1) is 19.4. The van der Waals surface area contributed by atoms with Gasteiger partial charge in [-0.15, -0.1) is 0 Å². The van der Waals surface area contributed by atoms with E-state index in [4.69, 9.17) is 14.6 Å². The van der Waals surface area contributed by atoms with E-state index in [1.807, 2.05) is 13.8 Å². The highest BCUT2D eigenvalue weighted by Gasteiger charge is 2.24. The molecular weight excluding hydrogens is 540 g/mol. The zero-order valence-electron chi connectivity index (χ0n) is 23.6. The highest BCUT2D eigenvalue weighted by molar-refractivity contribution is 5.97. The fourth-order valence-corrected chi connectivity index (χ4v) is 3.59. The second-order valence-corrected chi connectivity index (χ2v) is 9.36. The number of hydrogen-bond donors (Lipinski definition) is 4. The molecular formula is C27H38N4O10. The molecule has 0 spiro atoms. The lowest BCUT2D eigenvalue weighted by atomic mass is 10.0. The Morgan fingerprint density at radius 2 is 1.73 bits per heavy atom. The Kier molecular flexibility index (Phi) is 15.1. The van der Waals surface area contributed by atoms with Crippen LogP contribution < -0.4 is 21.5 Å². The van der Waals surface area contributed by atoms with Gasteiger partial charge in [-0.3, -0.25) is 24.0 Å². The molecule has 2 atom stereocenters. The zero-order valence-corrected chi connectivity index (χ0v) is 23.6. The summed E-state index contributed by atoms with van der Waals surface area (Å²) in [5, 5.41) is 16.2. The summed E-state index contributed by atoms with van der Waals surface area (Å²) in [7, 11) is 1.21. The van der Waals surface area contributed by atoms with Crippen molar-refractivity contribution in [2.45, 2.75) is 71.5 Å². The Morgan fingerprint density at radius 3 is 2.34 bits per heavy atom. The van der Waals surface area contributed by atoms with Crippen molar-refractivity contribution in [1.82, 2.24) is 15.2 Å². The van der Waals surface area contributed by atoms with Crippen molar-refractivity contribution < 1.29 is 43.3 Å². The molecule has 0 aliphatic rings. The van der Waals surface area contributed by atoms with Crippen molar-refractivity contribution in [2.75, 3.05) is 19.0 Å². The minimum absolute atomic E-state index is 0.0226. The number of aliphatic carboxylic acids is 1. The van der Waals surface area contributed by atoms with Crippen LogP contribution in [0.15, 0.2) is 35.3 Å². The first-order valence-corrected chi connectivity index (χ1v) is 13.1. The molecule has 1 heterocycles. The van der Waals surface area contributed by atoms with Crippen molar-refractivity contribution >= 4 is 41.3 Å². The molecule has 226 valence electrons. The van der Waals surface area contributed by atoms with Crippen LogP contribution in [0, 0.1) is 5.92 Å². The number of carboxylic acid groups (broad SMARTS) is 1. The van der Waals surface area contributed by atoms with Gasteiger partial charge in [-0.2, -0.15) is 0 Å². The van der Waals surface area contributed by atoms with Gasteiger partial charge in [-0.05, 0) is 44.2 Å². The lowest BCUT2D eigenvalue weighted by Crippen LogP contribution is -2.45. The SMILES string of the molecule is CCOC(=O)C=CCC[C@H](NC(=O)CCC(=O)O)C(=O)Nc1cccn(CC(=O)N[C@H](CC(C)C)C(=O)OC)c1=O. The molecule has 0 unspecified atom stereocenters. The summed E-state index contributed by atoms with van der Waals surface area (Å²) in [5.74, 6) is -4.37. The lowest BCUT2D eigenvalue weighted by molar-refractivity contribution is -0.145. The second-order valence-electron chi connectivity index (χ2n) is 9.36. The maximum atomic E-state index is 13.0. The molecule has 0 aromatic carbocycles. The number of esters is 2. The van der Waals surface area contributed by atoms with Crippen molar-refractivity contribution in [3.63, 3.8) is 0 Å². The van der Waals surface area contributed by atoms with Gasteiger partial charge >= 0.3 is 17.9 Å². The Hall–Kier alpha value is -4.49. The van der Waals surface area contributed by atoms with Crippen molar-refractivity contribution in [2.24, 2.45) is 5.92 Å². The molecule has 4 N–H and O–H groups in total. The molecule has 0 bridgehead atoms. The number of rotatable bonds is 17. The first kappa shape index (κ1) is 34.5. The van der Waals surface area contributed by atoms with E-state index in [0.717, 1.165) is 4.57 Å². The number of carbonyl (C=O) groups is 6. The minimum Gasteiger partial charge on any atom is -0.481 e. The van der Waals surface area contributed by atoms with Crippen LogP contribution in [0.4, 0.5) is 5.69 Å². The Morgan fingerprint density at radius 1 is 1.05 bits per heavy atom. The van der Waals surface area contributed by atoms with Crippen LogP contribution in [0.5, 0.6) is 0 Å². The number of hydrogen-bond acceptors (Lipinski definition) is 9. The van der Waals surface area contributed by atoms with E-state index in [9.17, 15) is 33.6 Å². The number of carboxylic acids is 1. The number of carbonyl (C=O) groups excluding carboxylic acids is 5. The van der Waals surface area contributed by atoms with Crippen LogP contribution >= 0.6 is 0 Å². The van der Waals surface area contributed by atoms with Crippen LogP contribution in [0.3, 0.4) is 0 Å². The second kappa shape index (κ2) is 18.0. The summed E-state index contributed by atoms with van der Waals surface area (Å²) in [6, 6.07) is 0.679. The molecule has 0 aliphatic heterocycles. The summed E-state index contributed by atoms with van der Waals surface area (Å²) in [4.78, 5) is 85.1. The van der Waals surface area contributed by atoms with E-state index in [1.165, 1.54) is 37.6 Å². The smallest absolute Gasteiger partial charge is 0.330 e. The largest absolute Gasteiger partial charge is 0.481 e. The Labute approximate surface area is 237 Å². The highest BCUT2D eigenvalue weighted by atomic mass is 16.5. The molecule has 1 rings (SSSR count). The maximum Gasteiger partial charge on any atom is 0.330 e. The predicted octanol–water partition coefficient (Wildman–Crippen LogP) is 0.740. The summed E-state index contributed by atoms with van der Waals surface area (Å²) < 4.78 is 10.6. The van der Waals surface area contributed by atoms with E-state index in [-0.39, 0.29) is 37.5 Å². The average molecular weight is 579 g/mol. The topological polar surface area (TPSA) is 199 Å².